The second kappa shape index (κ2) is 9.12. The van der Waals surface area contributed by atoms with Crippen molar-refractivity contribution in [3.8, 4) is 0 Å². The molecule has 3 amide bonds. The fraction of sp³-hybridized carbons (Fsp3) is 0.643. The largest absolute Gasteiger partial charge is 0.469 e. The Hall–Kier alpha value is -1.89. The summed E-state index contributed by atoms with van der Waals surface area (Å²) in [5, 5.41) is 4.73. The van der Waals surface area contributed by atoms with E-state index in [1.54, 1.807) is 0 Å². The lowest BCUT2D eigenvalue weighted by Gasteiger charge is -2.34. The van der Waals surface area contributed by atoms with Gasteiger partial charge < -0.3 is 10.1 Å². The van der Waals surface area contributed by atoms with Crippen LogP contribution in [0.25, 0.3) is 0 Å². The van der Waals surface area contributed by atoms with E-state index in [2.05, 4.69) is 21.9 Å². The molecule has 7 nitrogen and oxygen atoms in total. The third-order valence-electron chi connectivity index (χ3n) is 3.39. The Kier molecular flexibility index (Phi) is 7.45. The molecule has 1 aliphatic heterocycles. The highest BCUT2D eigenvalue weighted by Crippen LogP contribution is 2.19. The van der Waals surface area contributed by atoms with Gasteiger partial charge in [-0.3, -0.25) is 19.8 Å². The summed E-state index contributed by atoms with van der Waals surface area (Å²) in [7, 11) is 1.35. The zero-order chi connectivity index (χ0) is 15.7. The van der Waals surface area contributed by atoms with Crippen LogP contribution in [0.1, 0.15) is 25.7 Å². The number of methoxy groups -OCH3 is 1. The highest BCUT2D eigenvalue weighted by atomic mass is 16.5. The molecule has 2 N–H and O–H groups in total. The van der Waals surface area contributed by atoms with Gasteiger partial charge in [-0.1, -0.05) is 12.5 Å². The maximum Gasteiger partial charge on any atom is 0.321 e. The first-order valence-corrected chi connectivity index (χ1v) is 7.06. The highest BCUT2D eigenvalue weighted by molar-refractivity contribution is 5.95. The van der Waals surface area contributed by atoms with Crippen LogP contribution in [0.5, 0.6) is 0 Å². The predicted molar refractivity (Wildman–Crippen MR) is 77.6 cm³/mol. The minimum atomic E-state index is -0.540. The van der Waals surface area contributed by atoms with Gasteiger partial charge in [-0.25, -0.2) is 4.79 Å². The van der Waals surface area contributed by atoms with E-state index in [-0.39, 0.29) is 30.9 Å². The number of amides is 3. The molecule has 0 aliphatic carbocycles. The van der Waals surface area contributed by atoms with Gasteiger partial charge >= 0.3 is 12.0 Å². The zero-order valence-corrected chi connectivity index (χ0v) is 12.4. The SMILES string of the molecule is C=CCNC(=O)NC(=O)CN1CCCCC1CC(=O)OC. The number of hydrogen-bond acceptors (Lipinski definition) is 5. The van der Waals surface area contributed by atoms with Crippen LogP contribution in [-0.2, 0) is 14.3 Å². The Morgan fingerprint density at radius 3 is 2.81 bits per heavy atom. The summed E-state index contributed by atoms with van der Waals surface area (Å²) < 4.78 is 4.68. The van der Waals surface area contributed by atoms with E-state index in [0.717, 1.165) is 25.8 Å². The molecule has 1 atom stereocenters. The van der Waals surface area contributed by atoms with E-state index in [1.165, 1.54) is 13.2 Å². The van der Waals surface area contributed by atoms with Gasteiger partial charge in [0, 0.05) is 12.6 Å². The van der Waals surface area contributed by atoms with Crippen LogP contribution in [0.15, 0.2) is 12.7 Å². The van der Waals surface area contributed by atoms with Gasteiger partial charge in [0.2, 0.25) is 5.91 Å². The predicted octanol–water partition coefficient (Wildman–Crippen LogP) is 0.416. The summed E-state index contributed by atoms with van der Waals surface area (Å²) in [6, 6.07) is -0.547. The molecule has 7 heteroatoms. The number of likely N-dealkylation sites (tertiary alicyclic amines) is 1. The summed E-state index contributed by atoms with van der Waals surface area (Å²) >= 11 is 0. The fourth-order valence-electron chi connectivity index (χ4n) is 2.33. The Bertz CT molecular complexity index is 398. The number of rotatable bonds is 6. The van der Waals surface area contributed by atoms with E-state index in [4.69, 9.17) is 0 Å². The van der Waals surface area contributed by atoms with Gasteiger partial charge in [0.1, 0.15) is 0 Å². The number of imide groups is 1. The van der Waals surface area contributed by atoms with Crippen molar-refractivity contribution < 1.29 is 19.1 Å². The average molecular weight is 297 g/mol. The molecule has 0 saturated carbocycles. The van der Waals surface area contributed by atoms with Gasteiger partial charge in [-0.2, -0.15) is 0 Å². The van der Waals surface area contributed by atoms with E-state index < -0.39 is 6.03 Å². The molecule has 1 fully saturated rings. The standard InChI is InChI=1S/C14H23N3O4/c1-3-7-15-14(20)16-12(18)10-17-8-5-4-6-11(17)9-13(19)21-2/h3,11H,1,4-10H2,2H3,(H2,15,16,18,20). The molecule has 0 bridgehead atoms. The van der Waals surface area contributed by atoms with Crippen molar-refractivity contribution in [1.29, 1.82) is 0 Å². The minimum absolute atomic E-state index is 0.00631. The summed E-state index contributed by atoms with van der Waals surface area (Å²) in [4.78, 5) is 36.5. The monoisotopic (exact) mass is 297 g/mol. The van der Waals surface area contributed by atoms with Crippen molar-refractivity contribution in [2.75, 3.05) is 26.7 Å². The van der Waals surface area contributed by atoms with Gasteiger partial charge in [0.25, 0.3) is 0 Å². The Morgan fingerprint density at radius 1 is 1.38 bits per heavy atom. The Labute approximate surface area is 124 Å². The maximum absolute atomic E-state index is 11.8. The Balaban J connectivity index is 2.45. The van der Waals surface area contributed by atoms with Crippen molar-refractivity contribution in [3.05, 3.63) is 12.7 Å². The molecule has 118 valence electrons. The van der Waals surface area contributed by atoms with E-state index >= 15 is 0 Å². The second-order valence-electron chi connectivity index (χ2n) is 4.95. The van der Waals surface area contributed by atoms with Crippen LogP contribution in [0.2, 0.25) is 0 Å². The normalized spacial score (nSPS) is 18.6. The molecule has 1 unspecified atom stereocenters. The van der Waals surface area contributed by atoms with Crippen molar-refractivity contribution in [2.45, 2.75) is 31.7 Å². The van der Waals surface area contributed by atoms with Crippen molar-refractivity contribution in [2.24, 2.45) is 0 Å². The lowest BCUT2D eigenvalue weighted by molar-refractivity contribution is -0.143. The molecular formula is C14H23N3O4. The quantitative estimate of drug-likeness (QED) is 0.548. The van der Waals surface area contributed by atoms with Crippen molar-refractivity contribution in [1.82, 2.24) is 15.5 Å². The number of nitrogens with one attached hydrogen (secondary N) is 2. The van der Waals surface area contributed by atoms with Gasteiger partial charge in [-0.05, 0) is 19.4 Å². The second-order valence-corrected chi connectivity index (χ2v) is 4.95. The number of ether oxygens (including phenoxy) is 1. The summed E-state index contributed by atoms with van der Waals surface area (Å²) in [6.07, 6.45) is 4.66. The van der Waals surface area contributed by atoms with Crippen LogP contribution >= 0.6 is 0 Å². The molecule has 1 saturated heterocycles. The van der Waals surface area contributed by atoms with Crippen LogP contribution < -0.4 is 10.6 Å². The minimum Gasteiger partial charge on any atom is -0.469 e. The molecule has 0 spiro atoms. The molecule has 0 aromatic heterocycles. The fourth-order valence-corrected chi connectivity index (χ4v) is 2.33. The van der Waals surface area contributed by atoms with Gasteiger partial charge in [0.15, 0.2) is 0 Å². The van der Waals surface area contributed by atoms with E-state index in [9.17, 15) is 14.4 Å². The molecule has 21 heavy (non-hydrogen) atoms. The molecule has 0 aromatic rings. The number of piperidine rings is 1. The lowest BCUT2D eigenvalue weighted by Crippen LogP contribution is -2.49. The third-order valence-corrected chi connectivity index (χ3v) is 3.39. The first-order valence-electron chi connectivity index (χ1n) is 7.06. The lowest BCUT2D eigenvalue weighted by atomic mass is 9.99. The number of carbonyl (C=O) groups is 3. The summed E-state index contributed by atoms with van der Waals surface area (Å²) in [6.45, 7) is 4.61. The molecule has 1 heterocycles. The maximum atomic E-state index is 11.8. The molecule has 0 aromatic carbocycles. The van der Waals surface area contributed by atoms with Crippen LogP contribution in [-0.4, -0.2) is 55.6 Å². The number of nitrogens with zero attached hydrogens (tertiary/aromatic N) is 1. The molecule has 1 aliphatic rings. The first kappa shape index (κ1) is 17.2. The van der Waals surface area contributed by atoms with Crippen molar-refractivity contribution in [3.63, 3.8) is 0 Å². The van der Waals surface area contributed by atoms with Crippen LogP contribution in [0.3, 0.4) is 0 Å². The highest BCUT2D eigenvalue weighted by Gasteiger charge is 2.26. The van der Waals surface area contributed by atoms with E-state index in [0.29, 0.717) is 6.54 Å². The summed E-state index contributed by atoms with van der Waals surface area (Å²) in [5.41, 5.74) is 0. The van der Waals surface area contributed by atoms with Crippen molar-refractivity contribution >= 4 is 17.9 Å². The Morgan fingerprint density at radius 2 is 2.14 bits per heavy atom. The molecule has 1 rings (SSSR count). The van der Waals surface area contributed by atoms with E-state index in [1.807, 2.05) is 4.90 Å². The van der Waals surface area contributed by atoms with Gasteiger partial charge in [-0.15, -0.1) is 6.58 Å². The number of esters is 1. The van der Waals surface area contributed by atoms with Gasteiger partial charge in [0.05, 0.1) is 20.1 Å². The topological polar surface area (TPSA) is 87.7 Å². The zero-order valence-electron chi connectivity index (χ0n) is 12.4. The summed E-state index contributed by atoms with van der Waals surface area (Å²) in [5.74, 6) is -0.663. The smallest absolute Gasteiger partial charge is 0.321 e. The number of hydrogen-bond donors (Lipinski definition) is 2. The molecular weight excluding hydrogens is 274 g/mol. The molecule has 0 radical (unpaired) electrons. The van der Waals surface area contributed by atoms with Crippen LogP contribution in [0.4, 0.5) is 4.79 Å². The number of carbonyl (C=O) groups excluding carboxylic acids is 3. The average Bonchev–Trinajstić information content (AvgIpc) is 2.46. The van der Waals surface area contributed by atoms with Crippen LogP contribution in [0, 0.1) is 0 Å². The number of urea groups is 1. The third kappa shape index (κ3) is 6.40. The first-order chi connectivity index (χ1) is 10.1.